The number of nitrogens with one attached hydrogen (secondary N) is 3. The summed E-state index contributed by atoms with van der Waals surface area (Å²) in [5.74, 6) is -1.56. The van der Waals surface area contributed by atoms with Crippen LogP contribution in [0, 0.1) is 12.7 Å². The lowest BCUT2D eigenvalue weighted by molar-refractivity contribution is -0.115. The zero-order valence-corrected chi connectivity index (χ0v) is 22.8. The quantitative estimate of drug-likeness (QED) is 0.160. The van der Waals surface area contributed by atoms with E-state index in [-0.39, 0.29) is 11.6 Å². The van der Waals surface area contributed by atoms with Crippen LogP contribution in [0.3, 0.4) is 0 Å². The molecule has 0 saturated carbocycles. The highest BCUT2D eigenvalue weighted by Crippen LogP contribution is 2.27. The molecular weight excluding hydrogens is 525 g/mol. The Morgan fingerprint density at radius 1 is 0.800 bits per heavy atom. The Morgan fingerprint density at radius 3 is 2.17 bits per heavy atom. The van der Waals surface area contributed by atoms with Gasteiger partial charge in [-0.3, -0.25) is 14.4 Å². The number of thioether (sulfide) groups is 1. The molecule has 0 spiro atoms. The third-order valence-electron chi connectivity index (χ3n) is 5.77. The SMILES string of the molecule is Cc1cccc(NC(=O)C(C)Sc2cccc(NC(=O)/C(=C/c3ccc(F)cc3)NC(=O)c3ccccc3)c2)c1. The van der Waals surface area contributed by atoms with E-state index in [4.69, 9.17) is 0 Å². The van der Waals surface area contributed by atoms with Gasteiger partial charge in [-0.25, -0.2) is 4.39 Å². The zero-order chi connectivity index (χ0) is 28.5. The van der Waals surface area contributed by atoms with Crippen molar-refractivity contribution >= 4 is 46.9 Å². The van der Waals surface area contributed by atoms with Crippen molar-refractivity contribution in [3.63, 3.8) is 0 Å². The molecule has 0 aromatic heterocycles. The van der Waals surface area contributed by atoms with E-state index in [1.807, 2.05) is 44.2 Å². The van der Waals surface area contributed by atoms with E-state index in [9.17, 15) is 18.8 Å². The van der Waals surface area contributed by atoms with Crippen LogP contribution in [0.1, 0.15) is 28.4 Å². The molecule has 6 nitrogen and oxygen atoms in total. The third-order valence-corrected chi connectivity index (χ3v) is 6.86. The van der Waals surface area contributed by atoms with Crippen LogP contribution in [0.25, 0.3) is 6.08 Å². The maximum absolute atomic E-state index is 13.4. The number of carbonyl (C=O) groups is 3. The van der Waals surface area contributed by atoms with Crippen LogP contribution < -0.4 is 16.0 Å². The topological polar surface area (TPSA) is 87.3 Å². The first kappa shape index (κ1) is 28.3. The first-order valence-corrected chi connectivity index (χ1v) is 13.4. The number of carbonyl (C=O) groups excluding carboxylic acids is 3. The van der Waals surface area contributed by atoms with Crippen molar-refractivity contribution < 1.29 is 18.8 Å². The summed E-state index contributed by atoms with van der Waals surface area (Å²) in [5.41, 5.74) is 3.19. The fourth-order valence-corrected chi connectivity index (χ4v) is 4.66. The predicted molar refractivity (Wildman–Crippen MR) is 158 cm³/mol. The van der Waals surface area contributed by atoms with E-state index < -0.39 is 22.9 Å². The molecule has 0 radical (unpaired) electrons. The van der Waals surface area contributed by atoms with Crippen molar-refractivity contribution in [1.82, 2.24) is 5.32 Å². The molecule has 0 saturated heterocycles. The summed E-state index contributed by atoms with van der Waals surface area (Å²) >= 11 is 1.35. The Morgan fingerprint density at radius 2 is 1.48 bits per heavy atom. The van der Waals surface area contributed by atoms with E-state index in [1.54, 1.807) is 48.5 Å². The summed E-state index contributed by atoms with van der Waals surface area (Å²) in [5, 5.41) is 8.00. The van der Waals surface area contributed by atoms with Crippen LogP contribution in [-0.4, -0.2) is 23.0 Å². The lowest BCUT2D eigenvalue weighted by Crippen LogP contribution is -2.30. The van der Waals surface area contributed by atoms with Gasteiger partial charge in [0.15, 0.2) is 0 Å². The number of anilines is 2. The molecule has 0 aliphatic carbocycles. The van der Waals surface area contributed by atoms with E-state index in [0.717, 1.165) is 16.1 Å². The Kier molecular flexibility index (Phi) is 9.48. The van der Waals surface area contributed by atoms with E-state index >= 15 is 0 Å². The normalized spacial score (nSPS) is 11.8. The molecule has 0 aliphatic heterocycles. The first-order valence-electron chi connectivity index (χ1n) is 12.6. The molecule has 4 aromatic rings. The fourth-order valence-electron chi connectivity index (χ4n) is 3.74. The van der Waals surface area contributed by atoms with Crippen LogP contribution >= 0.6 is 11.8 Å². The van der Waals surface area contributed by atoms with Crippen LogP contribution in [0.15, 0.2) is 114 Å². The highest BCUT2D eigenvalue weighted by Gasteiger charge is 2.17. The van der Waals surface area contributed by atoms with Gasteiger partial charge in [-0.05, 0) is 85.6 Å². The van der Waals surface area contributed by atoms with Gasteiger partial charge in [0.1, 0.15) is 11.5 Å². The Labute approximate surface area is 236 Å². The zero-order valence-electron chi connectivity index (χ0n) is 22.0. The maximum Gasteiger partial charge on any atom is 0.272 e. The minimum Gasteiger partial charge on any atom is -0.325 e. The molecule has 4 aromatic carbocycles. The largest absolute Gasteiger partial charge is 0.325 e. The first-order chi connectivity index (χ1) is 19.3. The van der Waals surface area contributed by atoms with Crippen LogP contribution in [-0.2, 0) is 9.59 Å². The number of aryl methyl sites for hydroxylation is 1. The predicted octanol–water partition coefficient (Wildman–Crippen LogP) is 6.66. The molecule has 3 amide bonds. The minimum absolute atomic E-state index is 0.00980. The van der Waals surface area contributed by atoms with Crippen molar-refractivity contribution in [3.05, 3.63) is 131 Å². The van der Waals surface area contributed by atoms with Gasteiger partial charge in [0.05, 0.1) is 5.25 Å². The van der Waals surface area contributed by atoms with Crippen molar-refractivity contribution in [1.29, 1.82) is 0 Å². The second kappa shape index (κ2) is 13.4. The molecule has 202 valence electrons. The average molecular weight is 554 g/mol. The number of benzene rings is 4. The molecule has 8 heteroatoms. The van der Waals surface area contributed by atoms with Gasteiger partial charge in [-0.2, -0.15) is 0 Å². The number of halogens is 1. The fraction of sp³-hybridized carbons (Fsp3) is 0.0938. The van der Waals surface area contributed by atoms with E-state index in [0.29, 0.717) is 16.8 Å². The van der Waals surface area contributed by atoms with E-state index in [2.05, 4.69) is 16.0 Å². The Balaban J connectivity index is 1.47. The minimum atomic E-state index is -0.555. The summed E-state index contributed by atoms with van der Waals surface area (Å²) in [6.45, 7) is 3.77. The highest BCUT2D eigenvalue weighted by molar-refractivity contribution is 8.00. The van der Waals surface area contributed by atoms with Gasteiger partial charge >= 0.3 is 0 Å². The molecule has 1 unspecified atom stereocenters. The summed E-state index contributed by atoms with van der Waals surface area (Å²) < 4.78 is 13.4. The van der Waals surface area contributed by atoms with Crippen molar-refractivity contribution in [2.24, 2.45) is 0 Å². The van der Waals surface area contributed by atoms with Gasteiger partial charge < -0.3 is 16.0 Å². The highest BCUT2D eigenvalue weighted by atomic mass is 32.2. The summed E-state index contributed by atoms with van der Waals surface area (Å²) in [4.78, 5) is 39.6. The van der Waals surface area contributed by atoms with Gasteiger partial charge in [-0.1, -0.05) is 48.5 Å². The molecule has 40 heavy (non-hydrogen) atoms. The molecular formula is C32H28FN3O3S. The average Bonchev–Trinajstić information content (AvgIpc) is 2.94. The smallest absolute Gasteiger partial charge is 0.272 e. The number of amides is 3. The lowest BCUT2D eigenvalue weighted by Gasteiger charge is -2.14. The number of hydrogen-bond donors (Lipinski definition) is 3. The van der Waals surface area contributed by atoms with Gasteiger partial charge in [0.25, 0.3) is 11.8 Å². The number of hydrogen-bond acceptors (Lipinski definition) is 4. The standard InChI is InChI=1S/C32H28FN3O3S/c1-21-8-6-11-26(18-21)34-30(37)22(2)40-28-13-7-12-27(20-28)35-32(39)29(19-23-14-16-25(33)17-15-23)36-31(38)24-9-4-3-5-10-24/h3-20,22H,1-2H3,(H,34,37)(H,35,39)(H,36,38)/b29-19-. The second-order valence-electron chi connectivity index (χ2n) is 9.03. The summed E-state index contributed by atoms with van der Waals surface area (Å²) in [7, 11) is 0. The molecule has 3 N–H and O–H groups in total. The third kappa shape index (κ3) is 8.15. The molecule has 4 rings (SSSR count). The van der Waals surface area contributed by atoms with Gasteiger partial charge in [-0.15, -0.1) is 11.8 Å². The summed E-state index contributed by atoms with van der Waals surface area (Å²) in [6.07, 6.45) is 1.48. The van der Waals surface area contributed by atoms with Crippen molar-refractivity contribution in [2.45, 2.75) is 24.0 Å². The Hall–Kier alpha value is -4.69. The maximum atomic E-state index is 13.4. The van der Waals surface area contributed by atoms with Crippen molar-refractivity contribution in [3.8, 4) is 0 Å². The Bertz CT molecular complexity index is 1540. The molecule has 0 heterocycles. The van der Waals surface area contributed by atoms with Gasteiger partial charge in [0.2, 0.25) is 5.91 Å². The molecule has 0 fully saturated rings. The molecule has 0 bridgehead atoms. The van der Waals surface area contributed by atoms with Crippen LogP contribution in [0.5, 0.6) is 0 Å². The molecule has 0 aliphatic rings. The summed E-state index contributed by atoms with van der Waals surface area (Å²) in [6, 6.07) is 28.8. The van der Waals surface area contributed by atoms with Crippen LogP contribution in [0.2, 0.25) is 0 Å². The number of rotatable bonds is 9. The van der Waals surface area contributed by atoms with E-state index in [1.165, 1.54) is 42.1 Å². The second-order valence-corrected chi connectivity index (χ2v) is 10.4. The van der Waals surface area contributed by atoms with Crippen molar-refractivity contribution in [2.75, 3.05) is 10.6 Å². The van der Waals surface area contributed by atoms with Gasteiger partial charge in [0, 0.05) is 21.8 Å². The molecule has 1 atom stereocenters. The van der Waals surface area contributed by atoms with Crippen LogP contribution in [0.4, 0.5) is 15.8 Å². The lowest BCUT2D eigenvalue weighted by atomic mass is 10.1. The monoisotopic (exact) mass is 553 g/mol.